The summed E-state index contributed by atoms with van der Waals surface area (Å²) >= 11 is 0. The average Bonchev–Trinajstić information content (AvgIpc) is 1.97. The second kappa shape index (κ2) is 2.87. The largest absolute Gasteiger partial charge is 0.438 e. The summed E-state index contributed by atoms with van der Waals surface area (Å²) in [6.45, 7) is 1.45. The summed E-state index contributed by atoms with van der Waals surface area (Å²) in [5, 5.41) is 12.5. The van der Waals surface area contributed by atoms with Crippen molar-refractivity contribution < 1.29 is 18.3 Å². The Morgan fingerprint density at radius 3 is 2.40 bits per heavy atom. The lowest BCUT2D eigenvalue weighted by molar-refractivity contribution is -0.268. The highest BCUT2D eigenvalue weighted by atomic mass is 19.4. The fourth-order valence-corrected chi connectivity index (χ4v) is 2.31. The predicted octanol–water partition coefficient (Wildman–Crippen LogP) is 1.57. The molecule has 2 rings (SSSR count). The van der Waals surface area contributed by atoms with Crippen molar-refractivity contribution in [2.45, 2.75) is 50.0 Å². The van der Waals surface area contributed by atoms with Gasteiger partial charge in [-0.3, -0.25) is 0 Å². The number of halogens is 3. The number of nitrogens with zero attached hydrogens (tertiary/aromatic N) is 1. The SMILES string of the molecule is CC1=NC(O)(C(F)(F)F)CC2(CCC2)N1. The Morgan fingerprint density at radius 2 is 2.00 bits per heavy atom. The molecule has 0 aromatic rings. The van der Waals surface area contributed by atoms with Crippen molar-refractivity contribution >= 4 is 5.84 Å². The lowest BCUT2D eigenvalue weighted by atomic mass is 9.70. The number of rotatable bonds is 0. The van der Waals surface area contributed by atoms with Crippen molar-refractivity contribution in [1.29, 1.82) is 0 Å². The van der Waals surface area contributed by atoms with Gasteiger partial charge in [-0.15, -0.1) is 0 Å². The van der Waals surface area contributed by atoms with Gasteiger partial charge in [-0.05, 0) is 26.2 Å². The van der Waals surface area contributed by atoms with Gasteiger partial charge in [-0.1, -0.05) is 0 Å². The van der Waals surface area contributed by atoms with Crippen LogP contribution in [0.2, 0.25) is 0 Å². The van der Waals surface area contributed by atoms with Gasteiger partial charge in [0.25, 0.3) is 5.72 Å². The molecule has 1 spiro atoms. The van der Waals surface area contributed by atoms with Crippen LogP contribution in [0.25, 0.3) is 0 Å². The van der Waals surface area contributed by atoms with Gasteiger partial charge in [0.2, 0.25) is 0 Å². The molecule has 15 heavy (non-hydrogen) atoms. The first-order valence-corrected chi connectivity index (χ1v) is 4.90. The summed E-state index contributed by atoms with van der Waals surface area (Å²) < 4.78 is 37.9. The Kier molecular flexibility index (Phi) is 2.05. The Morgan fingerprint density at radius 1 is 1.40 bits per heavy atom. The monoisotopic (exact) mass is 222 g/mol. The van der Waals surface area contributed by atoms with Crippen molar-refractivity contribution in [1.82, 2.24) is 5.32 Å². The smallest absolute Gasteiger partial charge is 0.368 e. The lowest BCUT2D eigenvalue weighted by Gasteiger charge is -2.49. The maximum absolute atomic E-state index is 12.6. The van der Waals surface area contributed by atoms with Crippen LogP contribution in [-0.2, 0) is 0 Å². The first kappa shape index (κ1) is 10.7. The van der Waals surface area contributed by atoms with Crippen LogP contribution in [0.3, 0.4) is 0 Å². The van der Waals surface area contributed by atoms with Crippen LogP contribution in [0.5, 0.6) is 0 Å². The van der Waals surface area contributed by atoms with Gasteiger partial charge in [0, 0.05) is 12.0 Å². The quantitative estimate of drug-likeness (QED) is 0.653. The zero-order valence-electron chi connectivity index (χ0n) is 8.36. The third kappa shape index (κ3) is 1.60. The van der Waals surface area contributed by atoms with Crippen LogP contribution < -0.4 is 5.32 Å². The van der Waals surface area contributed by atoms with Crippen LogP contribution in [0.1, 0.15) is 32.6 Å². The van der Waals surface area contributed by atoms with E-state index in [1.165, 1.54) is 6.92 Å². The number of hydrogen-bond donors (Lipinski definition) is 2. The summed E-state index contributed by atoms with van der Waals surface area (Å²) in [5.74, 6) is 0.167. The molecule has 1 aliphatic heterocycles. The Hall–Kier alpha value is -0.780. The lowest BCUT2D eigenvalue weighted by Crippen LogP contribution is -2.64. The number of aliphatic hydroxyl groups is 1. The highest BCUT2D eigenvalue weighted by Gasteiger charge is 2.60. The Labute approximate surface area is 85.4 Å². The van der Waals surface area contributed by atoms with Crippen LogP contribution >= 0.6 is 0 Å². The topological polar surface area (TPSA) is 44.6 Å². The van der Waals surface area contributed by atoms with Gasteiger partial charge in [-0.25, -0.2) is 4.99 Å². The minimum absolute atomic E-state index is 0.167. The van der Waals surface area contributed by atoms with E-state index in [0.717, 1.165) is 6.42 Å². The zero-order chi connectivity index (χ0) is 11.3. The van der Waals surface area contributed by atoms with Crippen molar-refractivity contribution in [3.8, 4) is 0 Å². The molecule has 1 heterocycles. The van der Waals surface area contributed by atoms with Gasteiger partial charge in [-0.2, -0.15) is 13.2 Å². The minimum atomic E-state index is -4.70. The number of alkyl halides is 3. The molecular formula is C9H13F3N2O. The van der Waals surface area contributed by atoms with E-state index in [9.17, 15) is 18.3 Å². The second-order valence-electron chi connectivity index (χ2n) is 4.45. The number of aliphatic imine (C=N–C) groups is 1. The second-order valence-corrected chi connectivity index (χ2v) is 4.45. The molecule has 0 aromatic heterocycles. The molecule has 1 aliphatic carbocycles. The molecule has 2 N–H and O–H groups in total. The van der Waals surface area contributed by atoms with E-state index in [2.05, 4.69) is 10.3 Å². The minimum Gasteiger partial charge on any atom is -0.368 e. The van der Waals surface area contributed by atoms with Gasteiger partial charge in [0.15, 0.2) is 0 Å². The standard InChI is InChI=1S/C9H13F3N2O/c1-6-13-7(3-2-4-7)5-8(15,14-6)9(10,11)12/h15H,2-5H2,1H3,(H,13,14). The molecule has 1 saturated carbocycles. The fourth-order valence-electron chi connectivity index (χ4n) is 2.31. The predicted molar refractivity (Wildman–Crippen MR) is 48.4 cm³/mol. The summed E-state index contributed by atoms with van der Waals surface area (Å²) in [4.78, 5) is 3.30. The molecule has 0 bridgehead atoms. The van der Waals surface area contributed by atoms with Crippen molar-refractivity contribution in [2.75, 3.05) is 0 Å². The molecule has 1 atom stereocenters. The number of nitrogens with one attached hydrogen (secondary N) is 1. The van der Waals surface area contributed by atoms with E-state index >= 15 is 0 Å². The van der Waals surface area contributed by atoms with Crippen LogP contribution in [0.4, 0.5) is 13.2 Å². The summed E-state index contributed by atoms with van der Waals surface area (Å²) in [6.07, 6.45) is -2.84. The van der Waals surface area contributed by atoms with E-state index in [-0.39, 0.29) is 12.3 Å². The Balaban J connectivity index is 2.30. The number of amidine groups is 1. The molecule has 0 amide bonds. The highest BCUT2D eigenvalue weighted by Crippen LogP contribution is 2.46. The molecule has 0 saturated heterocycles. The molecule has 0 aromatic carbocycles. The van der Waals surface area contributed by atoms with Crippen LogP contribution in [0.15, 0.2) is 4.99 Å². The molecule has 3 nitrogen and oxygen atoms in total. The van der Waals surface area contributed by atoms with Crippen LogP contribution in [-0.4, -0.2) is 28.4 Å². The molecular weight excluding hydrogens is 209 g/mol. The average molecular weight is 222 g/mol. The summed E-state index contributed by atoms with van der Waals surface area (Å²) in [5.41, 5.74) is -3.49. The third-order valence-corrected chi connectivity index (χ3v) is 3.15. The van der Waals surface area contributed by atoms with Gasteiger partial charge in [0.1, 0.15) is 0 Å². The molecule has 0 radical (unpaired) electrons. The van der Waals surface area contributed by atoms with Gasteiger partial charge in [0.05, 0.1) is 5.84 Å². The highest BCUT2D eigenvalue weighted by molar-refractivity contribution is 5.81. The molecule has 6 heteroatoms. The summed E-state index contributed by atoms with van der Waals surface area (Å²) in [6, 6.07) is 0. The molecule has 1 unspecified atom stereocenters. The molecule has 2 aliphatic rings. The summed E-state index contributed by atoms with van der Waals surface area (Å²) in [7, 11) is 0. The normalized spacial score (nSPS) is 34.3. The molecule has 86 valence electrons. The maximum Gasteiger partial charge on any atom is 0.438 e. The fraction of sp³-hybridized carbons (Fsp3) is 0.889. The van der Waals surface area contributed by atoms with E-state index in [4.69, 9.17) is 0 Å². The zero-order valence-corrected chi connectivity index (χ0v) is 8.36. The maximum atomic E-state index is 12.6. The van der Waals surface area contributed by atoms with Gasteiger partial charge < -0.3 is 10.4 Å². The first-order valence-electron chi connectivity index (χ1n) is 4.90. The third-order valence-electron chi connectivity index (χ3n) is 3.15. The van der Waals surface area contributed by atoms with E-state index in [1.807, 2.05) is 0 Å². The van der Waals surface area contributed by atoms with E-state index < -0.39 is 17.4 Å². The van der Waals surface area contributed by atoms with Gasteiger partial charge >= 0.3 is 6.18 Å². The van der Waals surface area contributed by atoms with E-state index in [0.29, 0.717) is 12.8 Å². The van der Waals surface area contributed by atoms with E-state index in [1.54, 1.807) is 0 Å². The first-order chi connectivity index (χ1) is 6.77. The van der Waals surface area contributed by atoms with Crippen LogP contribution in [0, 0.1) is 0 Å². The number of hydrogen-bond acceptors (Lipinski definition) is 3. The Bertz CT molecular complexity index is 309. The van der Waals surface area contributed by atoms with Crippen molar-refractivity contribution in [2.24, 2.45) is 4.99 Å². The molecule has 1 fully saturated rings. The van der Waals surface area contributed by atoms with Crippen molar-refractivity contribution in [3.05, 3.63) is 0 Å². The van der Waals surface area contributed by atoms with Crippen molar-refractivity contribution in [3.63, 3.8) is 0 Å².